The van der Waals surface area contributed by atoms with Crippen LogP contribution < -0.4 is 4.74 Å². The number of ether oxygens (including phenoxy) is 1. The minimum absolute atomic E-state index is 0.0885. The molecule has 4 nitrogen and oxygen atoms in total. The van der Waals surface area contributed by atoms with Gasteiger partial charge in [0, 0.05) is 0 Å². The normalized spacial score (nSPS) is 9.68. The molecule has 0 heterocycles. The highest BCUT2D eigenvalue weighted by molar-refractivity contribution is 5.87. The Kier molecular flexibility index (Phi) is 3.44. The number of carbonyl (C=O) groups is 1. The standard InChI is InChI=1S/C14H8FNO3/c15-12-2-1-3-13(11(12)8-16)19-10-6-4-9(5-7-10)14(17)18/h1-7H,(H,17,18). The van der Waals surface area contributed by atoms with E-state index in [1.54, 1.807) is 6.07 Å². The molecule has 94 valence electrons. The molecule has 0 spiro atoms. The van der Waals surface area contributed by atoms with Crippen LogP contribution in [0.25, 0.3) is 0 Å². The number of halogens is 1. The molecule has 0 atom stereocenters. The zero-order valence-electron chi connectivity index (χ0n) is 9.63. The summed E-state index contributed by atoms with van der Waals surface area (Å²) in [5.74, 6) is -1.30. The summed E-state index contributed by atoms with van der Waals surface area (Å²) in [6, 6.07) is 11.4. The lowest BCUT2D eigenvalue weighted by Crippen LogP contribution is -1.96. The van der Waals surface area contributed by atoms with Crippen LogP contribution in [0.1, 0.15) is 15.9 Å². The molecule has 0 radical (unpaired) electrons. The molecule has 0 bridgehead atoms. The lowest BCUT2D eigenvalue weighted by molar-refractivity contribution is 0.0697. The Morgan fingerprint density at radius 3 is 2.47 bits per heavy atom. The quantitative estimate of drug-likeness (QED) is 0.916. The summed E-state index contributed by atoms with van der Waals surface area (Å²) in [4.78, 5) is 10.7. The summed E-state index contributed by atoms with van der Waals surface area (Å²) in [7, 11) is 0. The molecule has 0 saturated heterocycles. The van der Waals surface area contributed by atoms with Crippen LogP contribution in [0.4, 0.5) is 4.39 Å². The number of carboxylic acids is 1. The van der Waals surface area contributed by atoms with Crippen LogP contribution in [0.3, 0.4) is 0 Å². The molecule has 0 fully saturated rings. The maximum Gasteiger partial charge on any atom is 0.335 e. The van der Waals surface area contributed by atoms with Gasteiger partial charge in [-0.15, -0.1) is 0 Å². The van der Waals surface area contributed by atoms with Gasteiger partial charge in [-0.1, -0.05) is 6.07 Å². The van der Waals surface area contributed by atoms with E-state index in [9.17, 15) is 9.18 Å². The molecule has 19 heavy (non-hydrogen) atoms. The number of nitriles is 1. The van der Waals surface area contributed by atoms with Crippen molar-refractivity contribution in [1.29, 1.82) is 5.26 Å². The van der Waals surface area contributed by atoms with Gasteiger partial charge in [-0.25, -0.2) is 9.18 Å². The van der Waals surface area contributed by atoms with Gasteiger partial charge in [0.1, 0.15) is 28.9 Å². The van der Waals surface area contributed by atoms with Gasteiger partial charge < -0.3 is 9.84 Å². The van der Waals surface area contributed by atoms with Crippen molar-refractivity contribution in [1.82, 2.24) is 0 Å². The van der Waals surface area contributed by atoms with Crippen LogP contribution in [0.2, 0.25) is 0 Å². The van der Waals surface area contributed by atoms with Gasteiger partial charge in [-0.05, 0) is 36.4 Å². The van der Waals surface area contributed by atoms with E-state index < -0.39 is 11.8 Å². The molecule has 0 aromatic heterocycles. The lowest BCUT2D eigenvalue weighted by Gasteiger charge is -2.07. The number of benzene rings is 2. The fourth-order valence-electron chi connectivity index (χ4n) is 1.49. The Bertz CT molecular complexity index is 659. The Hall–Kier alpha value is -2.87. The maximum absolute atomic E-state index is 13.3. The van der Waals surface area contributed by atoms with Crippen molar-refractivity contribution < 1.29 is 19.0 Å². The van der Waals surface area contributed by atoms with Gasteiger partial charge in [0.2, 0.25) is 0 Å². The predicted octanol–water partition coefficient (Wildman–Crippen LogP) is 3.19. The molecular weight excluding hydrogens is 249 g/mol. The van der Waals surface area contributed by atoms with Crippen molar-refractivity contribution >= 4 is 5.97 Å². The van der Waals surface area contributed by atoms with E-state index in [1.807, 2.05) is 0 Å². The molecule has 2 aromatic carbocycles. The molecule has 0 aliphatic carbocycles. The van der Waals surface area contributed by atoms with E-state index in [1.165, 1.54) is 42.5 Å². The second-order valence-electron chi connectivity index (χ2n) is 3.66. The Morgan fingerprint density at radius 1 is 1.21 bits per heavy atom. The first kappa shape index (κ1) is 12.6. The molecule has 0 aliphatic heterocycles. The topological polar surface area (TPSA) is 70.3 Å². The molecule has 2 rings (SSSR count). The zero-order valence-corrected chi connectivity index (χ0v) is 9.63. The SMILES string of the molecule is N#Cc1c(F)cccc1Oc1ccc(C(=O)O)cc1. The average molecular weight is 257 g/mol. The minimum atomic E-state index is -1.05. The number of nitrogens with zero attached hydrogens (tertiary/aromatic N) is 1. The van der Waals surface area contributed by atoms with Crippen LogP contribution in [0.15, 0.2) is 42.5 Å². The van der Waals surface area contributed by atoms with E-state index in [2.05, 4.69) is 0 Å². The summed E-state index contributed by atoms with van der Waals surface area (Å²) in [6.07, 6.45) is 0. The van der Waals surface area contributed by atoms with Crippen molar-refractivity contribution in [3.63, 3.8) is 0 Å². The summed E-state index contributed by atoms with van der Waals surface area (Å²) >= 11 is 0. The van der Waals surface area contributed by atoms with Crippen molar-refractivity contribution in [3.8, 4) is 17.6 Å². The van der Waals surface area contributed by atoms with Crippen molar-refractivity contribution in [2.75, 3.05) is 0 Å². The third-order valence-corrected chi connectivity index (χ3v) is 2.42. The molecule has 0 aliphatic rings. The fraction of sp³-hybridized carbons (Fsp3) is 0. The molecule has 0 saturated carbocycles. The molecule has 1 N–H and O–H groups in total. The van der Waals surface area contributed by atoms with E-state index in [0.29, 0.717) is 5.75 Å². The molecule has 2 aromatic rings. The summed E-state index contributed by atoms with van der Waals surface area (Å²) in [5, 5.41) is 17.6. The van der Waals surface area contributed by atoms with Crippen LogP contribution in [0, 0.1) is 17.1 Å². The second-order valence-corrected chi connectivity index (χ2v) is 3.66. The highest BCUT2D eigenvalue weighted by Gasteiger charge is 2.10. The smallest absolute Gasteiger partial charge is 0.335 e. The predicted molar refractivity (Wildman–Crippen MR) is 64.6 cm³/mol. The van der Waals surface area contributed by atoms with Gasteiger partial charge in [0.05, 0.1) is 5.56 Å². The number of hydrogen-bond donors (Lipinski definition) is 1. The van der Waals surface area contributed by atoms with Crippen molar-refractivity contribution in [3.05, 3.63) is 59.4 Å². The van der Waals surface area contributed by atoms with Gasteiger partial charge in [0.25, 0.3) is 0 Å². The molecule has 0 amide bonds. The third-order valence-electron chi connectivity index (χ3n) is 2.42. The third kappa shape index (κ3) is 2.69. The fourth-order valence-corrected chi connectivity index (χ4v) is 1.49. The van der Waals surface area contributed by atoms with Crippen LogP contribution >= 0.6 is 0 Å². The highest BCUT2D eigenvalue weighted by Crippen LogP contribution is 2.26. The van der Waals surface area contributed by atoms with Crippen molar-refractivity contribution in [2.45, 2.75) is 0 Å². The average Bonchev–Trinajstić information content (AvgIpc) is 2.39. The summed E-state index contributed by atoms with van der Waals surface area (Å²) in [6.45, 7) is 0. The highest BCUT2D eigenvalue weighted by atomic mass is 19.1. The molecule has 0 unspecified atom stereocenters. The second kappa shape index (κ2) is 5.19. The number of rotatable bonds is 3. The summed E-state index contributed by atoms with van der Waals surface area (Å²) in [5.41, 5.74) is -0.0723. The van der Waals surface area contributed by atoms with Crippen LogP contribution in [0.5, 0.6) is 11.5 Å². The molecular formula is C14H8FNO3. The lowest BCUT2D eigenvalue weighted by atomic mass is 10.2. The zero-order chi connectivity index (χ0) is 13.8. The van der Waals surface area contributed by atoms with Gasteiger partial charge in [0.15, 0.2) is 0 Å². The van der Waals surface area contributed by atoms with Gasteiger partial charge in [-0.3, -0.25) is 0 Å². The number of hydrogen-bond acceptors (Lipinski definition) is 3. The van der Waals surface area contributed by atoms with E-state index in [-0.39, 0.29) is 16.9 Å². The van der Waals surface area contributed by atoms with Gasteiger partial charge >= 0.3 is 5.97 Å². The Morgan fingerprint density at radius 2 is 1.89 bits per heavy atom. The number of carboxylic acid groups (broad SMARTS) is 1. The first-order valence-electron chi connectivity index (χ1n) is 5.31. The molecule has 5 heteroatoms. The maximum atomic E-state index is 13.3. The Balaban J connectivity index is 2.29. The number of aromatic carboxylic acids is 1. The van der Waals surface area contributed by atoms with Crippen LogP contribution in [-0.4, -0.2) is 11.1 Å². The summed E-state index contributed by atoms with van der Waals surface area (Å²) < 4.78 is 18.7. The Labute approximate surface area is 108 Å². The monoisotopic (exact) mass is 257 g/mol. The minimum Gasteiger partial charge on any atom is -0.478 e. The van der Waals surface area contributed by atoms with Gasteiger partial charge in [-0.2, -0.15) is 5.26 Å². The first-order valence-corrected chi connectivity index (χ1v) is 5.31. The van der Waals surface area contributed by atoms with E-state index in [4.69, 9.17) is 15.1 Å². The van der Waals surface area contributed by atoms with E-state index >= 15 is 0 Å². The first-order chi connectivity index (χ1) is 9.11. The largest absolute Gasteiger partial charge is 0.478 e. The van der Waals surface area contributed by atoms with Crippen molar-refractivity contribution in [2.24, 2.45) is 0 Å². The van der Waals surface area contributed by atoms with Crippen LogP contribution in [-0.2, 0) is 0 Å². The van der Waals surface area contributed by atoms with E-state index in [0.717, 1.165) is 0 Å².